The van der Waals surface area contributed by atoms with E-state index in [4.69, 9.17) is 4.74 Å². The molecular weight excluding hydrogens is 547 g/mol. The van der Waals surface area contributed by atoms with Crippen LogP contribution in [0.3, 0.4) is 0 Å². The summed E-state index contributed by atoms with van der Waals surface area (Å²) in [5.41, 5.74) is 2.25. The van der Waals surface area contributed by atoms with Gasteiger partial charge in [-0.3, -0.25) is 9.79 Å². The molecule has 0 atom stereocenters. The molecule has 0 unspecified atom stereocenters. The van der Waals surface area contributed by atoms with Gasteiger partial charge in [-0.05, 0) is 35.4 Å². The van der Waals surface area contributed by atoms with Crippen LogP contribution in [0.2, 0.25) is 0 Å². The molecule has 8 heteroatoms. The predicted molar refractivity (Wildman–Crippen MR) is 132 cm³/mol. The van der Waals surface area contributed by atoms with Crippen LogP contribution < -0.4 is 10.1 Å². The second-order valence-electron chi connectivity index (χ2n) is 6.61. The van der Waals surface area contributed by atoms with Crippen LogP contribution in [0.25, 0.3) is 0 Å². The number of amides is 1. The Kier molecular flexibility index (Phi) is 11.0. The summed E-state index contributed by atoms with van der Waals surface area (Å²) in [5.74, 6) is 1.41. The third-order valence-electron chi connectivity index (χ3n) is 4.12. The molecule has 0 heterocycles. The Labute approximate surface area is 198 Å². The molecule has 0 bridgehead atoms. The first-order chi connectivity index (χ1) is 13.4. The van der Waals surface area contributed by atoms with Gasteiger partial charge in [0.15, 0.2) is 12.6 Å². The summed E-state index contributed by atoms with van der Waals surface area (Å²) in [5, 5.41) is 3.36. The second-order valence-corrected chi connectivity index (χ2v) is 7.52. The van der Waals surface area contributed by atoms with Crippen molar-refractivity contribution in [1.82, 2.24) is 15.1 Å². The third kappa shape index (κ3) is 8.61. The van der Waals surface area contributed by atoms with Crippen LogP contribution in [0.1, 0.15) is 11.1 Å². The normalized spacial score (nSPS) is 10.7. The minimum atomic E-state index is -0.0708. The van der Waals surface area contributed by atoms with E-state index in [-0.39, 0.29) is 36.5 Å². The first-order valence-corrected chi connectivity index (χ1v) is 9.76. The maximum absolute atomic E-state index is 11.7. The molecule has 0 aliphatic rings. The Morgan fingerprint density at radius 3 is 2.41 bits per heavy atom. The molecule has 158 valence electrons. The van der Waals surface area contributed by atoms with E-state index in [1.54, 1.807) is 21.1 Å². The maximum atomic E-state index is 11.7. The largest absolute Gasteiger partial charge is 0.484 e. The van der Waals surface area contributed by atoms with Gasteiger partial charge in [0.1, 0.15) is 5.75 Å². The number of hydrogen-bond acceptors (Lipinski definition) is 3. The van der Waals surface area contributed by atoms with Gasteiger partial charge < -0.3 is 19.9 Å². The Bertz CT molecular complexity index is 813. The molecule has 2 aromatic rings. The van der Waals surface area contributed by atoms with Crippen molar-refractivity contribution in [2.75, 3.05) is 34.8 Å². The van der Waals surface area contributed by atoms with Crippen molar-refractivity contribution in [1.29, 1.82) is 0 Å². The van der Waals surface area contributed by atoms with Crippen molar-refractivity contribution < 1.29 is 9.53 Å². The van der Waals surface area contributed by atoms with Gasteiger partial charge in [-0.1, -0.05) is 40.2 Å². The Balaban J connectivity index is 0.00000420. The third-order valence-corrected chi connectivity index (χ3v) is 4.65. The van der Waals surface area contributed by atoms with E-state index in [0.29, 0.717) is 12.3 Å². The number of hydrogen-bond donors (Lipinski definition) is 1. The van der Waals surface area contributed by atoms with Crippen molar-refractivity contribution in [2.45, 2.75) is 13.1 Å². The number of nitrogens with one attached hydrogen (secondary N) is 1. The highest BCUT2D eigenvalue weighted by atomic mass is 127. The van der Waals surface area contributed by atoms with Crippen molar-refractivity contribution in [3.05, 3.63) is 64.1 Å². The second kappa shape index (κ2) is 12.7. The average molecular weight is 575 g/mol. The molecule has 0 saturated carbocycles. The van der Waals surface area contributed by atoms with E-state index in [1.165, 1.54) is 10.5 Å². The van der Waals surface area contributed by atoms with Crippen molar-refractivity contribution in [2.24, 2.45) is 4.99 Å². The molecule has 0 saturated heterocycles. The van der Waals surface area contributed by atoms with Gasteiger partial charge >= 0.3 is 0 Å². The van der Waals surface area contributed by atoms with Crippen LogP contribution in [0.4, 0.5) is 0 Å². The number of guanidine groups is 1. The van der Waals surface area contributed by atoms with Gasteiger partial charge in [0.25, 0.3) is 5.91 Å². The minimum absolute atomic E-state index is 0. The Morgan fingerprint density at radius 1 is 1.10 bits per heavy atom. The van der Waals surface area contributed by atoms with E-state index in [9.17, 15) is 4.79 Å². The summed E-state index contributed by atoms with van der Waals surface area (Å²) >= 11 is 3.46. The molecule has 0 radical (unpaired) electrons. The van der Waals surface area contributed by atoms with Crippen LogP contribution >= 0.6 is 39.9 Å². The first-order valence-electron chi connectivity index (χ1n) is 8.97. The summed E-state index contributed by atoms with van der Waals surface area (Å²) in [4.78, 5) is 19.6. The number of nitrogens with zero attached hydrogens (tertiary/aromatic N) is 3. The zero-order valence-electron chi connectivity index (χ0n) is 17.2. The number of halogens is 2. The standard InChI is InChI=1S/C21H27BrN4O2.HI/c1-23-21(26(4)14-16-8-10-18(22)11-9-16)24-13-17-6-5-7-19(12-17)28-15-20(27)25(2)3;/h5-12H,13-15H2,1-4H3,(H,23,24);1H. The number of carbonyl (C=O) groups is 1. The quantitative estimate of drug-likeness (QED) is 0.311. The monoisotopic (exact) mass is 574 g/mol. The van der Waals surface area contributed by atoms with E-state index in [2.05, 4.69) is 43.3 Å². The zero-order valence-corrected chi connectivity index (χ0v) is 21.1. The van der Waals surface area contributed by atoms with E-state index >= 15 is 0 Å². The van der Waals surface area contributed by atoms with Gasteiger partial charge in [-0.2, -0.15) is 0 Å². The fraction of sp³-hybridized carbons (Fsp3) is 0.333. The van der Waals surface area contributed by atoms with Crippen LogP contribution in [-0.4, -0.2) is 56.5 Å². The molecule has 1 amide bonds. The van der Waals surface area contributed by atoms with Gasteiger partial charge in [-0.25, -0.2) is 0 Å². The fourth-order valence-corrected chi connectivity index (χ4v) is 2.79. The lowest BCUT2D eigenvalue weighted by atomic mass is 10.2. The van der Waals surface area contributed by atoms with Gasteiger partial charge in [0.2, 0.25) is 0 Å². The lowest BCUT2D eigenvalue weighted by Crippen LogP contribution is -2.38. The van der Waals surface area contributed by atoms with Crippen LogP contribution in [-0.2, 0) is 17.9 Å². The van der Waals surface area contributed by atoms with E-state index in [1.807, 2.05) is 43.4 Å². The van der Waals surface area contributed by atoms with Gasteiger partial charge in [0, 0.05) is 45.8 Å². The van der Waals surface area contributed by atoms with Gasteiger partial charge in [-0.15, -0.1) is 24.0 Å². The number of likely N-dealkylation sites (N-methyl/N-ethyl adjacent to an activating group) is 1. The molecule has 0 fully saturated rings. The summed E-state index contributed by atoms with van der Waals surface area (Å²) in [6.07, 6.45) is 0. The lowest BCUT2D eigenvalue weighted by Gasteiger charge is -2.22. The number of rotatable bonds is 7. The van der Waals surface area contributed by atoms with Crippen molar-refractivity contribution >= 4 is 51.8 Å². The Hall–Kier alpha value is -1.81. The molecule has 2 aromatic carbocycles. The van der Waals surface area contributed by atoms with Crippen molar-refractivity contribution in [3.63, 3.8) is 0 Å². The summed E-state index contributed by atoms with van der Waals surface area (Å²) < 4.78 is 6.64. The highest BCUT2D eigenvalue weighted by Gasteiger charge is 2.08. The average Bonchev–Trinajstić information content (AvgIpc) is 2.68. The number of ether oxygens (including phenoxy) is 1. The van der Waals surface area contributed by atoms with Crippen LogP contribution in [0.5, 0.6) is 5.75 Å². The number of carbonyl (C=O) groups excluding carboxylic acids is 1. The lowest BCUT2D eigenvalue weighted by molar-refractivity contribution is -0.130. The minimum Gasteiger partial charge on any atom is -0.484 e. The molecule has 0 aromatic heterocycles. The molecule has 6 nitrogen and oxygen atoms in total. The highest BCUT2D eigenvalue weighted by Crippen LogP contribution is 2.14. The van der Waals surface area contributed by atoms with E-state index < -0.39 is 0 Å². The molecule has 0 aliphatic carbocycles. The zero-order chi connectivity index (χ0) is 20.5. The van der Waals surface area contributed by atoms with Gasteiger partial charge in [0.05, 0.1) is 0 Å². The Morgan fingerprint density at radius 2 is 1.79 bits per heavy atom. The summed E-state index contributed by atoms with van der Waals surface area (Å²) in [6, 6.07) is 15.9. The number of benzene rings is 2. The molecular formula is C21H28BrIN4O2. The first kappa shape index (κ1) is 25.2. The molecule has 29 heavy (non-hydrogen) atoms. The van der Waals surface area contributed by atoms with Crippen molar-refractivity contribution in [3.8, 4) is 5.75 Å². The predicted octanol–water partition coefficient (Wildman–Crippen LogP) is 3.74. The SMILES string of the molecule is CN=C(NCc1cccc(OCC(=O)N(C)C)c1)N(C)Cc1ccc(Br)cc1.I. The molecule has 1 N–H and O–H groups in total. The molecule has 0 spiro atoms. The fourth-order valence-electron chi connectivity index (χ4n) is 2.52. The van der Waals surface area contributed by atoms with Crippen LogP contribution in [0, 0.1) is 0 Å². The molecule has 0 aliphatic heterocycles. The molecule has 2 rings (SSSR count). The summed E-state index contributed by atoms with van der Waals surface area (Å²) in [7, 11) is 7.20. The smallest absolute Gasteiger partial charge is 0.259 e. The summed E-state index contributed by atoms with van der Waals surface area (Å²) in [6.45, 7) is 1.39. The maximum Gasteiger partial charge on any atom is 0.259 e. The van der Waals surface area contributed by atoms with Crippen LogP contribution in [0.15, 0.2) is 58.0 Å². The highest BCUT2D eigenvalue weighted by molar-refractivity contribution is 14.0. The van der Waals surface area contributed by atoms with E-state index in [0.717, 1.165) is 22.5 Å². The topological polar surface area (TPSA) is 57.2 Å². The number of aliphatic imine (C=N–C) groups is 1.